The van der Waals surface area contributed by atoms with Gasteiger partial charge in [-0.15, -0.1) is 0 Å². The number of hydrogen-bond acceptors (Lipinski definition) is 3. The average Bonchev–Trinajstić information content (AvgIpc) is 2.82. The number of rotatable bonds is 3. The summed E-state index contributed by atoms with van der Waals surface area (Å²) in [6.45, 7) is 4.70. The maximum absolute atomic E-state index is 12.6. The predicted octanol–water partition coefficient (Wildman–Crippen LogP) is 2.37. The fraction of sp³-hybridized carbons (Fsp3) is 0.375. The lowest BCUT2D eigenvalue weighted by atomic mass is 10.2. The van der Waals surface area contributed by atoms with Gasteiger partial charge in [0, 0.05) is 13.1 Å². The number of halogens is 1. The van der Waals surface area contributed by atoms with Gasteiger partial charge in [-0.25, -0.2) is 4.68 Å². The van der Waals surface area contributed by atoms with Crippen molar-refractivity contribution in [1.82, 2.24) is 14.7 Å². The lowest BCUT2D eigenvalue weighted by Gasteiger charge is -2.26. The predicted molar refractivity (Wildman–Crippen MR) is 84.2 cm³/mol. The van der Waals surface area contributed by atoms with Crippen LogP contribution >= 0.6 is 11.6 Å². The number of morpholine rings is 1. The van der Waals surface area contributed by atoms with Gasteiger partial charge in [-0.3, -0.25) is 4.79 Å². The van der Waals surface area contributed by atoms with Crippen LogP contribution in [-0.2, 0) is 11.3 Å². The van der Waals surface area contributed by atoms with Crippen molar-refractivity contribution in [1.29, 1.82) is 0 Å². The minimum Gasteiger partial charge on any atom is -0.378 e. The van der Waals surface area contributed by atoms with Crippen molar-refractivity contribution in [3.63, 3.8) is 0 Å². The Morgan fingerprint density at radius 3 is 2.64 bits per heavy atom. The summed E-state index contributed by atoms with van der Waals surface area (Å²) in [4.78, 5) is 14.4. The van der Waals surface area contributed by atoms with Crippen LogP contribution in [0.25, 0.3) is 0 Å². The van der Waals surface area contributed by atoms with E-state index in [0.29, 0.717) is 49.3 Å². The summed E-state index contributed by atoms with van der Waals surface area (Å²) in [6, 6.07) is 9.93. The summed E-state index contributed by atoms with van der Waals surface area (Å²) in [7, 11) is 0. The zero-order chi connectivity index (χ0) is 15.5. The molecule has 0 atom stereocenters. The van der Waals surface area contributed by atoms with Crippen LogP contribution in [0.4, 0.5) is 0 Å². The van der Waals surface area contributed by atoms with E-state index in [1.54, 1.807) is 9.58 Å². The molecule has 0 N–H and O–H groups in total. The number of ether oxygens (including phenoxy) is 1. The second-order valence-corrected chi connectivity index (χ2v) is 5.66. The molecule has 2 heterocycles. The fourth-order valence-electron chi connectivity index (χ4n) is 2.58. The van der Waals surface area contributed by atoms with Crippen LogP contribution in [0.15, 0.2) is 30.3 Å². The van der Waals surface area contributed by atoms with E-state index in [-0.39, 0.29) is 5.91 Å². The van der Waals surface area contributed by atoms with Crippen molar-refractivity contribution in [2.45, 2.75) is 13.5 Å². The van der Waals surface area contributed by atoms with Crippen LogP contribution < -0.4 is 0 Å². The van der Waals surface area contributed by atoms with Crippen molar-refractivity contribution < 1.29 is 9.53 Å². The summed E-state index contributed by atoms with van der Waals surface area (Å²) in [6.07, 6.45) is 0. The molecule has 116 valence electrons. The highest BCUT2D eigenvalue weighted by Crippen LogP contribution is 2.23. The Kier molecular flexibility index (Phi) is 4.45. The standard InChI is InChI=1S/C16H18ClN3O2/c1-12-14(16(21)19-7-9-22-10-8-19)15(17)20(18-12)11-13-5-3-2-4-6-13/h2-6H,7-11H2,1H3. The van der Waals surface area contributed by atoms with Gasteiger partial charge in [0.25, 0.3) is 5.91 Å². The summed E-state index contributed by atoms with van der Waals surface area (Å²) < 4.78 is 6.96. The van der Waals surface area contributed by atoms with Gasteiger partial charge < -0.3 is 9.64 Å². The molecular formula is C16H18ClN3O2. The second-order valence-electron chi connectivity index (χ2n) is 5.30. The molecule has 1 aromatic carbocycles. The Balaban J connectivity index is 1.85. The summed E-state index contributed by atoms with van der Waals surface area (Å²) >= 11 is 6.42. The van der Waals surface area contributed by atoms with Crippen LogP contribution in [0.3, 0.4) is 0 Å². The van der Waals surface area contributed by atoms with E-state index in [2.05, 4.69) is 5.10 Å². The summed E-state index contributed by atoms with van der Waals surface area (Å²) in [5.74, 6) is -0.0647. The quantitative estimate of drug-likeness (QED) is 0.872. The van der Waals surface area contributed by atoms with E-state index in [1.165, 1.54) is 0 Å². The molecule has 0 unspecified atom stereocenters. The van der Waals surface area contributed by atoms with Gasteiger partial charge in [0.1, 0.15) is 5.15 Å². The first-order valence-corrected chi connectivity index (χ1v) is 7.68. The van der Waals surface area contributed by atoms with Crippen molar-refractivity contribution in [3.05, 3.63) is 52.3 Å². The third-order valence-electron chi connectivity index (χ3n) is 3.75. The molecule has 3 rings (SSSR count). The molecule has 0 aliphatic carbocycles. The Morgan fingerprint density at radius 2 is 1.95 bits per heavy atom. The molecule has 1 amide bonds. The largest absolute Gasteiger partial charge is 0.378 e. The highest BCUT2D eigenvalue weighted by Gasteiger charge is 2.26. The number of amides is 1. The summed E-state index contributed by atoms with van der Waals surface area (Å²) in [5, 5.41) is 4.83. The van der Waals surface area contributed by atoms with Crippen molar-refractivity contribution in [2.75, 3.05) is 26.3 Å². The number of carbonyl (C=O) groups is 1. The van der Waals surface area contributed by atoms with E-state index in [1.807, 2.05) is 37.3 Å². The van der Waals surface area contributed by atoms with Crippen LogP contribution in [0.1, 0.15) is 21.6 Å². The van der Waals surface area contributed by atoms with E-state index in [0.717, 1.165) is 5.56 Å². The number of hydrogen-bond donors (Lipinski definition) is 0. The number of aromatic nitrogens is 2. The van der Waals surface area contributed by atoms with Crippen LogP contribution in [0.2, 0.25) is 5.15 Å². The maximum atomic E-state index is 12.6. The van der Waals surface area contributed by atoms with Crippen LogP contribution in [0.5, 0.6) is 0 Å². The van der Waals surface area contributed by atoms with Gasteiger partial charge in [-0.1, -0.05) is 41.9 Å². The van der Waals surface area contributed by atoms with Gasteiger partial charge in [0.2, 0.25) is 0 Å². The van der Waals surface area contributed by atoms with E-state index in [9.17, 15) is 4.79 Å². The highest BCUT2D eigenvalue weighted by atomic mass is 35.5. The van der Waals surface area contributed by atoms with Crippen LogP contribution in [-0.4, -0.2) is 46.9 Å². The van der Waals surface area contributed by atoms with E-state index in [4.69, 9.17) is 16.3 Å². The Labute approximate surface area is 134 Å². The minimum absolute atomic E-state index is 0.0647. The lowest BCUT2D eigenvalue weighted by Crippen LogP contribution is -2.40. The number of aryl methyl sites for hydroxylation is 1. The molecule has 1 fully saturated rings. The van der Waals surface area contributed by atoms with Gasteiger partial charge >= 0.3 is 0 Å². The first-order valence-electron chi connectivity index (χ1n) is 7.30. The third kappa shape index (κ3) is 3.00. The molecular weight excluding hydrogens is 302 g/mol. The van der Waals surface area contributed by atoms with Gasteiger partial charge in [0.15, 0.2) is 0 Å². The second kappa shape index (κ2) is 6.50. The molecule has 1 aliphatic rings. The van der Waals surface area contributed by atoms with Crippen molar-refractivity contribution in [3.8, 4) is 0 Å². The smallest absolute Gasteiger partial charge is 0.259 e. The SMILES string of the molecule is Cc1nn(Cc2ccccc2)c(Cl)c1C(=O)N1CCOCC1. The first kappa shape index (κ1) is 15.1. The van der Waals surface area contributed by atoms with Gasteiger partial charge in [-0.2, -0.15) is 5.10 Å². The zero-order valence-corrected chi connectivity index (χ0v) is 13.2. The molecule has 22 heavy (non-hydrogen) atoms. The highest BCUT2D eigenvalue weighted by molar-refractivity contribution is 6.33. The first-order chi connectivity index (χ1) is 10.7. The Bertz CT molecular complexity index is 664. The normalized spacial score (nSPS) is 15.1. The molecule has 6 heteroatoms. The molecule has 1 aliphatic heterocycles. The number of carbonyl (C=O) groups excluding carboxylic acids is 1. The van der Waals surface area contributed by atoms with Crippen molar-refractivity contribution >= 4 is 17.5 Å². The number of benzene rings is 1. The Hall–Kier alpha value is -1.85. The molecule has 1 saturated heterocycles. The monoisotopic (exact) mass is 319 g/mol. The molecule has 0 radical (unpaired) electrons. The number of nitrogens with zero attached hydrogens (tertiary/aromatic N) is 3. The third-order valence-corrected chi connectivity index (χ3v) is 4.14. The van der Waals surface area contributed by atoms with Crippen LogP contribution in [0, 0.1) is 6.92 Å². The van der Waals surface area contributed by atoms with Gasteiger partial charge in [0.05, 0.1) is 31.0 Å². The fourth-order valence-corrected chi connectivity index (χ4v) is 2.90. The molecule has 0 spiro atoms. The molecule has 1 aromatic heterocycles. The lowest BCUT2D eigenvalue weighted by molar-refractivity contribution is 0.0302. The topological polar surface area (TPSA) is 47.4 Å². The maximum Gasteiger partial charge on any atom is 0.259 e. The molecule has 5 nitrogen and oxygen atoms in total. The average molecular weight is 320 g/mol. The Morgan fingerprint density at radius 1 is 1.27 bits per heavy atom. The minimum atomic E-state index is -0.0647. The van der Waals surface area contributed by atoms with E-state index >= 15 is 0 Å². The summed E-state index contributed by atoms with van der Waals surface area (Å²) in [5.41, 5.74) is 2.26. The van der Waals surface area contributed by atoms with Gasteiger partial charge in [-0.05, 0) is 12.5 Å². The van der Waals surface area contributed by atoms with Crippen molar-refractivity contribution in [2.24, 2.45) is 0 Å². The van der Waals surface area contributed by atoms with E-state index < -0.39 is 0 Å². The zero-order valence-electron chi connectivity index (χ0n) is 12.5. The molecule has 2 aromatic rings. The molecule has 0 saturated carbocycles. The molecule has 0 bridgehead atoms.